The van der Waals surface area contributed by atoms with E-state index in [4.69, 9.17) is 4.74 Å². The van der Waals surface area contributed by atoms with Crippen molar-refractivity contribution in [3.8, 4) is 0 Å². The number of carbonyl (C=O) groups excluding carboxylic acids is 2. The van der Waals surface area contributed by atoms with Crippen molar-refractivity contribution in [2.24, 2.45) is 0 Å². The SMILES string of the molecule is COC(=O)/C=C\C[C@@H](O)[C@H](O)[C@H](OC(C)=O)c1ccccc1. The van der Waals surface area contributed by atoms with Crippen LogP contribution in [-0.4, -0.2) is 41.5 Å². The quantitative estimate of drug-likeness (QED) is 0.579. The molecule has 0 heterocycles. The monoisotopic (exact) mass is 308 g/mol. The lowest BCUT2D eigenvalue weighted by Gasteiger charge is -2.26. The van der Waals surface area contributed by atoms with E-state index < -0.39 is 30.3 Å². The lowest BCUT2D eigenvalue weighted by atomic mass is 9.98. The maximum absolute atomic E-state index is 11.2. The van der Waals surface area contributed by atoms with Crippen LogP contribution in [0.15, 0.2) is 42.5 Å². The van der Waals surface area contributed by atoms with Gasteiger partial charge in [0, 0.05) is 13.0 Å². The molecule has 0 bridgehead atoms. The third-order valence-electron chi connectivity index (χ3n) is 2.96. The first kappa shape index (κ1) is 17.9. The zero-order valence-electron chi connectivity index (χ0n) is 12.5. The summed E-state index contributed by atoms with van der Waals surface area (Å²) in [6, 6.07) is 8.64. The van der Waals surface area contributed by atoms with Crippen LogP contribution in [0.2, 0.25) is 0 Å². The average molecular weight is 308 g/mol. The van der Waals surface area contributed by atoms with Crippen molar-refractivity contribution < 1.29 is 29.3 Å². The van der Waals surface area contributed by atoms with Gasteiger partial charge >= 0.3 is 11.9 Å². The van der Waals surface area contributed by atoms with Crippen LogP contribution in [0.5, 0.6) is 0 Å². The summed E-state index contributed by atoms with van der Waals surface area (Å²) in [5.41, 5.74) is 0.571. The molecule has 0 amide bonds. The van der Waals surface area contributed by atoms with Gasteiger partial charge in [-0.15, -0.1) is 0 Å². The van der Waals surface area contributed by atoms with E-state index in [2.05, 4.69) is 4.74 Å². The minimum atomic E-state index is -1.33. The summed E-state index contributed by atoms with van der Waals surface area (Å²) in [6.45, 7) is 1.23. The summed E-state index contributed by atoms with van der Waals surface area (Å²) in [5, 5.41) is 20.2. The zero-order chi connectivity index (χ0) is 16.5. The van der Waals surface area contributed by atoms with Gasteiger partial charge in [-0.3, -0.25) is 4.79 Å². The van der Waals surface area contributed by atoms with Gasteiger partial charge in [0.2, 0.25) is 0 Å². The van der Waals surface area contributed by atoms with Crippen LogP contribution >= 0.6 is 0 Å². The van der Waals surface area contributed by atoms with Gasteiger partial charge in [0.15, 0.2) is 6.10 Å². The molecule has 1 aromatic carbocycles. The highest BCUT2D eigenvalue weighted by Crippen LogP contribution is 2.24. The second-order valence-electron chi connectivity index (χ2n) is 4.66. The first-order valence-electron chi connectivity index (χ1n) is 6.78. The van der Waals surface area contributed by atoms with Crippen LogP contribution in [-0.2, 0) is 19.1 Å². The number of benzene rings is 1. The Labute approximate surface area is 129 Å². The summed E-state index contributed by atoms with van der Waals surface area (Å²) in [4.78, 5) is 22.1. The third kappa shape index (κ3) is 5.67. The predicted octanol–water partition coefficient (Wildman–Crippen LogP) is 1.13. The van der Waals surface area contributed by atoms with Crippen LogP contribution in [0, 0.1) is 0 Å². The van der Waals surface area contributed by atoms with Crippen molar-refractivity contribution in [1.82, 2.24) is 0 Å². The van der Waals surface area contributed by atoms with Gasteiger partial charge in [0.1, 0.15) is 6.10 Å². The molecular weight excluding hydrogens is 288 g/mol. The number of esters is 2. The van der Waals surface area contributed by atoms with Gasteiger partial charge in [-0.05, 0) is 12.0 Å². The van der Waals surface area contributed by atoms with Crippen LogP contribution in [0.25, 0.3) is 0 Å². The fraction of sp³-hybridized carbons (Fsp3) is 0.375. The molecule has 0 aromatic heterocycles. The topological polar surface area (TPSA) is 93.1 Å². The highest BCUT2D eigenvalue weighted by Gasteiger charge is 2.29. The van der Waals surface area contributed by atoms with Gasteiger partial charge in [-0.2, -0.15) is 0 Å². The number of aliphatic hydroxyl groups is 2. The third-order valence-corrected chi connectivity index (χ3v) is 2.96. The maximum Gasteiger partial charge on any atom is 0.330 e. The molecule has 0 spiro atoms. The molecule has 120 valence electrons. The Morgan fingerprint density at radius 2 is 1.86 bits per heavy atom. The van der Waals surface area contributed by atoms with E-state index in [-0.39, 0.29) is 6.42 Å². The Balaban J connectivity index is 2.78. The Kier molecular flexibility index (Phi) is 7.28. The molecular formula is C16H20O6. The predicted molar refractivity (Wildman–Crippen MR) is 78.7 cm³/mol. The number of rotatable bonds is 7. The fourth-order valence-corrected chi connectivity index (χ4v) is 1.87. The van der Waals surface area contributed by atoms with E-state index >= 15 is 0 Å². The molecule has 1 rings (SSSR count). The fourth-order valence-electron chi connectivity index (χ4n) is 1.87. The van der Waals surface area contributed by atoms with Crippen LogP contribution in [0.1, 0.15) is 25.0 Å². The van der Waals surface area contributed by atoms with Crippen molar-refractivity contribution in [3.05, 3.63) is 48.0 Å². The summed E-state index contributed by atoms with van der Waals surface area (Å²) >= 11 is 0. The first-order chi connectivity index (χ1) is 10.5. The molecule has 0 saturated heterocycles. The standard InChI is InChI=1S/C16H20O6/c1-11(17)22-16(12-7-4-3-5-8-12)15(20)13(18)9-6-10-14(19)21-2/h3-8,10,13,15-16,18,20H,9H2,1-2H3/b10-6-/t13-,15+,16-/m1/s1. The minimum absolute atomic E-state index is 0.0147. The van der Waals surface area contributed by atoms with Crippen molar-refractivity contribution in [2.45, 2.75) is 31.7 Å². The molecule has 0 aliphatic carbocycles. The molecule has 0 aliphatic rings. The van der Waals surface area contributed by atoms with Crippen LogP contribution in [0.4, 0.5) is 0 Å². The molecule has 0 fully saturated rings. The van der Waals surface area contributed by atoms with Crippen LogP contribution in [0.3, 0.4) is 0 Å². The molecule has 1 aromatic rings. The second-order valence-corrected chi connectivity index (χ2v) is 4.66. The van der Waals surface area contributed by atoms with E-state index in [0.29, 0.717) is 5.56 Å². The largest absolute Gasteiger partial charge is 0.466 e. The molecule has 3 atom stereocenters. The summed E-state index contributed by atoms with van der Waals surface area (Å²) in [5.74, 6) is -1.12. The van der Waals surface area contributed by atoms with Gasteiger partial charge in [-0.1, -0.05) is 36.4 Å². The molecule has 0 aliphatic heterocycles. The maximum atomic E-state index is 11.2. The van der Waals surface area contributed by atoms with Gasteiger partial charge in [0.25, 0.3) is 0 Å². The zero-order valence-corrected chi connectivity index (χ0v) is 12.5. The van der Waals surface area contributed by atoms with Crippen molar-refractivity contribution in [1.29, 1.82) is 0 Å². The number of hydrogen-bond donors (Lipinski definition) is 2. The molecule has 0 saturated carbocycles. The van der Waals surface area contributed by atoms with Crippen molar-refractivity contribution in [2.75, 3.05) is 7.11 Å². The number of carbonyl (C=O) groups is 2. The van der Waals surface area contributed by atoms with Crippen molar-refractivity contribution in [3.63, 3.8) is 0 Å². The Hall–Kier alpha value is -2.18. The Bertz CT molecular complexity index is 511. The number of aliphatic hydroxyl groups excluding tert-OH is 2. The minimum Gasteiger partial charge on any atom is -0.466 e. The highest BCUT2D eigenvalue weighted by molar-refractivity contribution is 5.81. The summed E-state index contributed by atoms with van der Waals surface area (Å²) < 4.78 is 9.53. The van der Waals surface area contributed by atoms with E-state index in [1.54, 1.807) is 30.3 Å². The second kappa shape index (κ2) is 8.96. The molecule has 6 nitrogen and oxygen atoms in total. The van der Waals surface area contributed by atoms with Gasteiger partial charge < -0.3 is 19.7 Å². The Morgan fingerprint density at radius 1 is 1.23 bits per heavy atom. The Morgan fingerprint density at radius 3 is 2.41 bits per heavy atom. The molecule has 22 heavy (non-hydrogen) atoms. The lowest BCUT2D eigenvalue weighted by Crippen LogP contribution is -2.34. The van der Waals surface area contributed by atoms with E-state index in [9.17, 15) is 19.8 Å². The van der Waals surface area contributed by atoms with Crippen LogP contribution < -0.4 is 0 Å². The lowest BCUT2D eigenvalue weighted by molar-refractivity contribution is -0.158. The van der Waals surface area contributed by atoms with E-state index in [1.165, 1.54) is 20.1 Å². The normalized spacial score (nSPS) is 15.1. The molecule has 2 N–H and O–H groups in total. The smallest absolute Gasteiger partial charge is 0.330 e. The van der Waals surface area contributed by atoms with Gasteiger partial charge in [0.05, 0.1) is 13.2 Å². The first-order valence-corrected chi connectivity index (χ1v) is 6.78. The summed E-state index contributed by atoms with van der Waals surface area (Å²) in [7, 11) is 1.24. The number of methoxy groups -OCH3 is 1. The average Bonchev–Trinajstić information content (AvgIpc) is 2.52. The van der Waals surface area contributed by atoms with Gasteiger partial charge in [-0.25, -0.2) is 4.79 Å². The number of ether oxygens (including phenoxy) is 2. The molecule has 0 unspecified atom stereocenters. The highest BCUT2D eigenvalue weighted by atomic mass is 16.6. The van der Waals surface area contributed by atoms with E-state index in [0.717, 1.165) is 6.08 Å². The molecule has 6 heteroatoms. The number of hydrogen-bond acceptors (Lipinski definition) is 6. The van der Waals surface area contributed by atoms with Crippen molar-refractivity contribution >= 4 is 11.9 Å². The summed E-state index contributed by atoms with van der Waals surface area (Å²) in [6.07, 6.45) is -0.963. The molecule has 0 radical (unpaired) electrons. The van der Waals surface area contributed by atoms with E-state index in [1.807, 2.05) is 0 Å².